The van der Waals surface area contributed by atoms with Crippen molar-refractivity contribution in [1.29, 1.82) is 0 Å². The van der Waals surface area contributed by atoms with Crippen molar-refractivity contribution in [2.24, 2.45) is 0 Å². The third-order valence-corrected chi connectivity index (χ3v) is 3.32. The van der Waals surface area contributed by atoms with Crippen LogP contribution in [0.4, 0.5) is 0 Å². The summed E-state index contributed by atoms with van der Waals surface area (Å²) < 4.78 is 0. The smallest absolute Gasteiger partial charge is 0.128 e. The first kappa shape index (κ1) is 18.8. The maximum absolute atomic E-state index is 9.85. The molecule has 0 saturated carbocycles. The monoisotopic (exact) mass is 314 g/mol. The maximum atomic E-state index is 9.85. The Balaban J connectivity index is 2.95. The van der Waals surface area contributed by atoms with Crippen LogP contribution in [0.5, 0.6) is 5.75 Å². The van der Waals surface area contributed by atoms with Gasteiger partial charge in [0, 0.05) is 13.1 Å². The number of phenols is 1. The summed E-state index contributed by atoms with van der Waals surface area (Å²) in [5.74, 6) is 0.0884. The van der Waals surface area contributed by atoms with E-state index in [-0.39, 0.29) is 19.0 Å². The molecule has 0 aliphatic carbocycles. The van der Waals surface area contributed by atoms with Crippen molar-refractivity contribution >= 4 is 0 Å². The van der Waals surface area contributed by atoms with Crippen molar-refractivity contribution in [1.82, 2.24) is 10.6 Å². The molecule has 1 rings (SSSR count). The molecule has 0 bridgehead atoms. The van der Waals surface area contributed by atoms with E-state index in [9.17, 15) is 15.3 Å². The number of phenolic OH excluding ortho intramolecular Hbond substituents is 1. The van der Waals surface area contributed by atoms with E-state index in [1.165, 1.54) is 0 Å². The molecule has 2 unspecified atom stereocenters. The molecule has 0 spiro atoms. The number of aromatic hydroxyl groups is 1. The van der Waals surface area contributed by atoms with E-state index in [0.717, 1.165) is 29.5 Å². The minimum atomic E-state index is -1.02. The summed E-state index contributed by atoms with van der Waals surface area (Å²) in [4.78, 5) is 0. The van der Waals surface area contributed by atoms with Crippen LogP contribution in [0, 0.1) is 0 Å². The van der Waals surface area contributed by atoms with E-state index in [2.05, 4.69) is 10.6 Å². The molecule has 0 aromatic heterocycles. The summed E-state index contributed by atoms with van der Waals surface area (Å²) in [5.41, 5.74) is 2.66. The Kier molecular flexibility index (Phi) is 8.32. The Labute approximate surface area is 130 Å². The summed E-state index contributed by atoms with van der Waals surface area (Å²) in [5, 5.41) is 51.8. The molecule has 126 valence electrons. The highest BCUT2D eigenvalue weighted by atomic mass is 16.3. The van der Waals surface area contributed by atoms with Gasteiger partial charge in [0.05, 0.1) is 13.2 Å². The fourth-order valence-corrected chi connectivity index (χ4v) is 2.25. The van der Waals surface area contributed by atoms with E-state index >= 15 is 0 Å². The Bertz CT molecular complexity index is 421. The van der Waals surface area contributed by atoms with Crippen molar-refractivity contribution < 1.29 is 25.5 Å². The van der Waals surface area contributed by atoms with Crippen LogP contribution in [-0.4, -0.2) is 51.2 Å². The first-order valence-corrected chi connectivity index (χ1v) is 7.40. The normalized spacial score (nSPS) is 14.0. The Hall–Kier alpha value is -1.22. The second-order valence-electron chi connectivity index (χ2n) is 5.15. The highest BCUT2D eigenvalue weighted by Crippen LogP contribution is 2.24. The van der Waals surface area contributed by atoms with Gasteiger partial charge >= 0.3 is 0 Å². The van der Waals surface area contributed by atoms with Crippen LogP contribution in [0.3, 0.4) is 0 Å². The van der Waals surface area contributed by atoms with E-state index in [4.69, 9.17) is 10.2 Å². The van der Waals surface area contributed by atoms with E-state index in [1.54, 1.807) is 12.1 Å². The first-order chi connectivity index (χ1) is 10.5. The molecule has 7 nitrogen and oxygen atoms in total. The van der Waals surface area contributed by atoms with Gasteiger partial charge in [0.2, 0.25) is 0 Å². The number of benzene rings is 1. The van der Waals surface area contributed by atoms with Crippen LogP contribution < -0.4 is 10.6 Å². The molecule has 0 aliphatic heterocycles. The van der Waals surface area contributed by atoms with Crippen LogP contribution in [0.1, 0.15) is 30.0 Å². The molecule has 2 atom stereocenters. The standard InChI is InChI=1S/C15H26N2O5/c1-2-3-13-10(6-16-14(21)8-18)4-12(20)5-11(13)7-17-15(22)9-19/h4-5,14-22H,2-3,6-9H2,1H3. The van der Waals surface area contributed by atoms with Gasteiger partial charge in [-0.2, -0.15) is 0 Å². The predicted octanol–water partition coefficient (Wildman–Crippen LogP) is -0.855. The Morgan fingerprint density at radius 3 is 1.77 bits per heavy atom. The lowest BCUT2D eigenvalue weighted by Crippen LogP contribution is -2.33. The van der Waals surface area contributed by atoms with Crippen molar-refractivity contribution in [3.63, 3.8) is 0 Å². The van der Waals surface area contributed by atoms with Gasteiger partial charge in [-0.3, -0.25) is 10.6 Å². The molecule has 7 N–H and O–H groups in total. The summed E-state index contributed by atoms with van der Waals surface area (Å²) >= 11 is 0. The Morgan fingerprint density at radius 2 is 1.41 bits per heavy atom. The van der Waals surface area contributed by atoms with Gasteiger partial charge in [-0.15, -0.1) is 0 Å². The van der Waals surface area contributed by atoms with Crippen LogP contribution >= 0.6 is 0 Å². The predicted molar refractivity (Wildman–Crippen MR) is 82.0 cm³/mol. The molecule has 1 aromatic rings. The number of hydrogen-bond acceptors (Lipinski definition) is 7. The highest BCUT2D eigenvalue weighted by Gasteiger charge is 2.12. The van der Waals surface area contributed by atoms with Crippen molar-refractivity contribution in [2.75, 3.05) is 13.2 Å². The first-order valence-electron chi connectivity index (χ1n) is 7.40. The average molecular weight is 314 g/mol. The van der Waals surface area contributed by atoms with Crippen molar-refractivity contribution in [3.8, 4) is 5.75 Å². The number of aliphatic hydroxyl groups excluding tert-OH is 4. The molecule has 0 radical (unpaired) electrons. The third kappa shape index (κ3) is 5.88. The summed E-state index contributed by atoms with van der Waals surface area (Å²) in [6, 6.07) is 3.24. The molecule has 7 heteroatoms. The number of aliphatic hydroxyl groups is 4. The molecule has 22 heavy (non-hydrogen) atoms. The SMILES string of the molecule is CCCc1c(CNC(O)CO)cc(O)cc1CNC(O)CO. The largest absolute Gasteiger partial charge is 0.508 e. The minimum absolute atomic E-state index is 0.0884. The summed E-state index contributed by atoms with van der Waals surface area (Å²) in [6.45, 7) is 1.87. The average Bonchev–Trinajstić information content (AvgIpc) is 2.52. The van der Waals surface area contributed by atoms with Gasteiger partial charge in [-0.25, -0.2) is 0 Å². The second-order valence-corrected chi connectivity index (χ2v) is 5.15. The molecular weight excluding hydrogens is 288 g/mol. The summed E-state index contributed by atoms with van der Waals surface area (Å²) in [6.07, 6.45) is -0.363. The van der Waals surface area contributed by atoms with E-state index < -0.39 is 12.5 Å². The molecule has 0 fully saturated rings. The maximum Gasteiger partial charge on any atom is 0.128 e. The zero-order valence-electron chi connectivity index (χ0n) is 12.8. The zero-order chi connectivity index (χ0) is 16.5. The molecule has 0 aliphatic rings. The number of nitrogens with one attached hydrogen (secondary N) is 2. The lowest BCUT2D eigenvalue weighted by atomic mass is 9.96. The van der Waals surface area contributed by atoms with Gasteiger partial charge in [0.1, 0.15) is 18.2 Å². The van der Waals surface area contributed by atoms with Crippen molar-refractivity contribution in [2.45, 2.75) is 45.3 Å². The van der Waals surface area contributed by atoms with E-state index in [1.807, 2.05) is 6.92 Å². The van der Waals surface area contributed by atoms with Gasteiger partial charge in [0.25, 0.3) is 0 Å². The van der Waals surface area contributed by atoms with E-state index in [0.29, 0.717) is 13.1 Å². The van der Waals surface area contributed by atoms with Crippen LogP contribution in [0.2, 0.25) is 0 Å². The number of hydrogen-bond donors (Lipinski definition) is 7. The molecule has 1 aromatic carbocycles. The fourth-order valence-electron chi connectivity index (χ4n) is 2.25. The van der Waals surface area contributed by atoms with Crippen LogP contribution in [0.25, 0.3) is 0 Å². The van der Waals surface area contributed by atoms with Crippen LogP contribution in [-0.2, 0) is 19.5 Å². The summed E-state index contributed by atoms with van der Waals surface area (Å²) in [7, 11) is 0. The number of rotatable bonds is 10. The quantitative estimate of drug-likeness (QED) is 0.280. The topological polar surface area (TPSA) is 125 Å². The lowest BCUT2D eigenvalue weighted by molar-refractivity contribution is 0.0660. The molecule has 0 amide bonds. The molecule has 0 saturated heterocycles. The minimum Gasteiger partial charge on any atom is -0.508 e. The van der Waals surface area contributed by atoms with Gasteiger partial charge in [-0.1, -0.05) is 13.3 Å². The van der Waals surface area contributed by atoms with Crippen molar-refractivity contribution in [3.05, 3.63) is 28.8 Å². The third-order valence-electron chi connectivity index (χ3n) is 3.32. The zero-order valence-corrected chi connectivity index (χ0v) is 12.8. The molecule has 0 heterocycles. The Morgan fingerprint density at radius 1 is 0.955 bits per heavy atom. The lowest BCUT2D eigenvalue weighted by Gasteiger charge is -2.19. The molecular formula is C15H26N2O5. The second kappa shape index (κ2) is 9.73. The van der Waals surface area contributed by atoms with Crippen LogP contribution in [0.15, 0.2) is 12.1 Å². The van der Waals surface area contributed by atoms with Gasteiger partial charge in [0.15, 0.2) is 0 Å². The van der Waals surface area contributed by atoms with Gasteiger partial charge in [-0.05, 0) is 35.2 Å². The van der Waals surface area contributed by atoms with Gasteiger partial charge < -0.3 is 25.5 Å². The highest BCUT2D eigenvalue weighted by molar-refractivity contribution is 5.42. The fraction of sp³-hybridized carbons (Fsp3) is 0.600.